The average molecular weight is 288 g/mol. The predicted molar refractivity (Wildman–Crippen MR) is 78.8 cm³/mol. The van der Waals surface area contributed by atoms with E-state index in [2.05, 4.69) is 0 Å². The zero-order chi connectivity index (χ0) is 15.0. The maximum absolute atomic E-state index is 12.9. The molecule has 0 radical (unpaired) electrons. The zero-order valence-corrected chi connectivity index (χ0v) is 11.9. The number of nitrogens with two attached hydrogens (primary N) is 1. The molecule has 0 aromatic heterocycles. The molecular weight excluding hydrogens is 268 g/mol. The standard InChI is InChI=1S/C16H20N2O3/c17-12-5-3-11(4-6-12)16(7-8-16)15(21)18-9-1-2-13(18)10-14(19)20/h3-6,13H,1-2,7-10,17H2,(H,19,20). The van der Waals surface area contributed by atoms with Gasteiger partial charge in [0.25, 0.3) is 0 Å². The van der Waals surface area contributed by atoms with Crippen molar-refractivity contribution in [2.75, 3.05) is 12.3 Å². The molecule has 3 N–H and O–H groups in total. The lowest BCUT2D eigenvalue weighted by molar-refractivity contribution is -0.140. The Labute approximate surface area is 123 Å². The zero-order valence-electron chi connectivity index (χ0n) is 11.9. The van der Waals surface area contributed by atoms with Crippen LogP contribution in [-0.2, 0) is 15.0 Å². The molecule has 5 nitrogen and oxygen atoms in total. The van der Waals surface area contributed by atoms with Gasteiger partial charge in [0.1, 0.15) is 0 Å². The summed E-state index contributed by atoms with van der Waals surface area (Å²) in [6.07, 6.45) is 3.40. The molecule has 21 heavy (non-hydrogen) atoms. The van der Waals surface area contributed by atoms with Gasteiger partial charge in [0, 0.05) is 18.3 Å². The molecule has 1 aromatic carbocycles. The number of hydrogen-bond donors (Lipinski definition) is 2. The van der Waals surface area contributed by atoms with Gasteiger partial charge >= 0.3 is 5.97 Å². The van der Waals surface area contributed by atoms with Gasteiger partial charge in [0.05, 0.1) is 11.8 Å². The van der Waals surface area contributed by atoms with E-state index >= 15 is 0 Å². The summed E-state index contributed by atoms with van der Waals surface area (Å²) in [5, 5.41) is 8.99. The van der Waals surface area contributed by atoms with Crippen LogP contribution >= 0.6 is 0 Å². The van der Waals surface area contributed by atoms with Gasteiger partial charge in [-0.15, -0.1) is 0 Å². The average Bonchev–Trinajstić information content (AvgIpc) is 3.13. The molecule has 3 rings (SSSR count). The Balaban J connectivity index is 1.81. The number of carboxylic acid groups (broad SMARTS) is 1. The number of carbonyl (C=O) groups excluding carboxylic acids is 1. The van der Waals surface area contributed by atoms with Crippen LogP contribution in [0, 0.1) is 0 Å². The van der Waals surface area contributed by atoms with E-state index in [0.29, 0.717) is 12.2 Å². The van der Waals surface area contributed by atoms with Crippen molar-refractivity contribution in [2.45, 2.75) is 43.6 Å². The minimum atomic E-state index is -0.836. The lowest BCUT2D eigenvalue weighted by atomic mass is 9.93. The molecule has 2 fully saturated rings. The van der Waals surface area contributed by atoms with E-state index in [9.17, 15) is 9.59 Å². The van der Waals surface area contributed by atoms with Gasteiger partial charge in [-0.05, 0) is 43.4 Å². The number of anilines is 1. The third kappa shape index (κ3) is 2.48. The summed E-state index contributed by atoms with van der Waals surface area (Å²) in [7, 11) is 0. The summed E-state index contributed by atoms with van der Waals surface area (Å²) < 4.78 is 0. The minimum Gasteiger partial charge on any atom is -0.481 e. The molecule has 1 heterocycles. The maximum atomic E-state index is 12.9. The highest BCUT2D eigenvalue weighted by Gasteiger charge is 2.54. The fourth-order valence-corrected chi connectivity index (χ4v) is 3.34. The van der Waals surface area contributed by atoms with E-state index in [1.807, 2.05) is 24.3 Å². The van der Waals surface area contributed by atoms with E-state index in [-0.39, 0.29) is 18.4 Å². The third-order valence-corrected chi connectivity index (χ3v) is 4.67. The number of hydrogen-bond acceptors (Lipinski definition) is 3. The number of likely N-dealkylation sites (tertiary alicyclic amines) is 1. The van der Waals surface area contributed by atoms with Gasteiger partial charge in [-0.2, -0.15) is 0 Å². The lowest BCUT2D eigenvalue weighted by Gasteiger charge is -2.28. The normalized spacial score (nSPS) is 23.0. The van der Waals surface area contributed by atoms with Gasteiger partial charge < -0.3 is 15.7 Å². The summed E-state index contributed by atoms with van der Waals surface area (Å²) in [4.78, 5) is 25.6. The van der Waals surface area contributed by atoms with Crippen LogP contribution in [-0.4, -0.2) is 34.5 Å². The molecule has 1 saturated heterocycles. The minimum absolute atomic E-state index is 0.0452. The molecule has 2 aliphatic rings. The molecule has 112 valence electrons. The van der Waals surface area contributed by atoms with Crippen LogP contribution in [0.1, 0.15) is 37.7 Å². The first-order chi connectivity index (χ1) is 10.0. The topological polar surface area (TPSA) is 83.6 Å². The van der Waals surface area contributed by atoms with Crippen LogP contribution in [0.25, 0.3) is 0 Å². The molecule has 1 amide bonds. The highest BCUT2D eigenvalue weighted by atomic mass is 16.4. The molecule has 1 atom stereocenters. The Bertz CT molecular complexity index is 563. The van der Waals surface area contributed by atoms with Gasteiger partial charge in [-0.1, -0.05) is 12.1 Å². The van der Waals surface area contributed by atoms with Crippen molar-refractivity contribution >= 4 is 17.6 Å². The van der Waals surface area contributed by atoms with E-state index in [4.69, 9.17) is 10.8 Å². The molecule has 0 spiro atoms. The first-order valence-electron chi connectivity index (χ1n) is 7.42. The Hall–Kier alpha value is -2.04. The van der Waals surface area contributed by atoms with Crippen LogP contribution in [0.3, 0.4) is 0 Å². The number of nitrogens with zero attached hydrogens (tertiary/aromatic N) is 1. The second-order valence-electron chi connectivity index (χ2n) is 6.10. The number of nitrogen functional groups attached to an aromatic ring is 1. The molecule has 1 aliphatic heterocycles. The molecule has 1 aliphatic carbocycles. The van der Waals surface area contributed by atoms with Crippen LogP contribution in [0.4, 0.5) is 5.69 Å². The third-order valence-electron chi connectivity index (χ3n) is 4.67. The summed E-state index contributed by atoms with van der Waals surface area (Å²) >= 11 is 0. The van der Waals surface area contributed by atoms with Crippen molar-refractivity contribution in [1.29, 1.82) is 0 Å². The van der Waals surface area contributed by atoms with E-state index in [1.165, 1.54) is 0 Å². The van der Waals surface area contributed by atoms with Crippen molar-refractivity contribution in [1.82, 2.24) is 4.90 Å². The van der Waals surface area contributed by atoms with Crippen LogP contribution in [0.15, 0.2) is 24.3 Å². The highest BCUT2D eigenvalue weighted by Crippen LogP contribution is 2.50. The first kappa shape index (κ1) is 13.9. The number of benzene rings is 1. The maximum Gasteiger partial charge on any atom is 0.305 e. The van der Waals surface area contributed by atoms with E-state index in [0.717, 1.165) is 31.2 Å². The quantitative estimate of drug-likeness (QED) is 0.827. The summed E-state index contributed by atoms with van der Waals surface area (Å²) in [5.74, 6) is -0.743. The first-order valence-corrected chi connectivity index (χ1v) is 7.42. The van der Waals surface area contributed by atoms with Crippen LogP contribution in [0.5, 0.6) is 0 Å². The van der Waals surface area contributed by atoms with Crippen molar-refractivity contribution in [3.8, 4) is 0 Å². The van der Waals surface area contributed by atoms with Gasteiger partial charge in [0.15, 0.2) is 0 Å². The monoisotopic (exact) mass is 288 g/mol. The Morgan fingerprint density at radius 3 is 2.52 bits per heavy atom. The lowest BCUT2D eigenvalue weighted by Crippen LogP contribution is -2.43. The molecule has 5 heteroatoms. The van der Waals surface area contributed by atoms with Crippen LogP contribution in [0.2, 0.25) is 0 Å². The number of carboxylic acids is 1. The SMILES string of the molecule is Nc1ccc(C2(C(=O)N3CCCC3CC(=O)O)CC2)cc1. The Kier molecular flexibility index (Phi) is 3.35. The molecule has 0 bridgehead atoms. The fourth-order valence-electron chi connectivity index (χ4n) is 3.34. The number of aliphatic carboxylic acids is 1. The van der Waals surface area contributed by atoms with Crippen molar-refractivity contribution in [3.63, 3.8) is 0 Å². The van der Waals surface area contributed by atoms with Gasteiger partial charge in [0.2, 0.25) is 5.91 Å². The second kappa shape index (κ2) is 5.06. The summed E-state index contributed by atoms with van der Waals surface area (Å²) in [5.41, 5.74) is 6.96. The Morgan fingerprint density at radius 1 is 1.29 bits per heavy atom. The number of carbonyl (C=O) groups is 2. The van der Waals surface area contributed by atoms with Crippen molar-refractivity contribution in [3.05, 3.63) is 29.8 Å². The summed E-state index contributed by atoms with van der Waals surface area (Å²) in [6, 6.07) is 7.33. The smallest absolute Gasteiger partial charge is 0.305 e. The molecule has 1 unspecified atom stereocenters. The van der Waals surface area contributed by atoms with Crippen molar-refractivity contribution < 1.29 is 14.7 Å². The highest BCUT2D eigenvalue weighted by molar-refractivity contribution is 5.92. The van der Waals surface area contributed by atoms with E-state index < -0.39 is 11.4 Å². The second-order valence-corrected chi connectivity index (χ2v) is 6.10. The number of rotatable bonds is 4. The summed E-state index contributed by atoms with van der Waals surface area (Å²) in [6.45, 7) is 0.674. The fraction of sp³-hybridized carbons (Fsp3) is 0.500. The van der Waals surface area contributed by atoms with Crippen molar-refractivity contribution in [2.24, 2.45) is 0 Å². The van der Waals surface area contributed by atoms with Gasteiger partial charge in [-0.25, -0.2) is 0 Å². The number of amides is 1. The van der Waals surface area contributed by atoms with Gasteiger partial charge in [-0.3, -0.25) is 9.59 Å². The Morgan fingerprint density at radius 2 is 1.95 bits per heavy atom. The van der Waals surface area contributed by atoms with Crippen LogP contribution < -0.4 is 5.73 Å². The van der Waals surface area contributed by atoms with E-state index in [1.54, 1.807) is 4.90 Å². The predicted octanol–water partition coefficient (Wildman–Crippen LogP) is 1.77. The molecule has 1 saturated carbocycles. The molecule has 1 aromatic rings. The largest absolute Gasteiger partial charge is 0.481 e. The molecular formula is C16H20N2O3.